The van der Waals surface area contributed by atoms with E-state index in [1.54, 1.807) is 6.07 Å². The Labute approximate surface area is 119 Å². The number of carbonyl (C=O) groups is 1. The lowest BCUT2D eigenvalue weighted by atomic mass is 10.0. The Hall–Kier alpha value is -2.29. The van der Waals surface area contributed by atoms with Crippen molar-refractivity contribution in [1.82, 2.24) is 5.32 Å². The van der Waals surface area contributed by atoms with Gasteiger partial charge in [-0.15, -0.1) is 0 Å². The average Bonchev–Trinajstić information content (AvgIpc) is 2.48. The highest BCUT2D eigenvalue weighted by Crippen LogP contribution is 2.20. The molecule has 104 valence electrons. The summed E-state index contributed by atoms with van der Waals surface area (Å²) in [5.74, 6) is -0.123. The number of benzene rings is 2. The molecule has 0 saturated carbocycles. The molecule has 0 aliphatic heterocycles. The fraction of sp³-hybridized carbons (Fsp3) is 0.235. The van der Waals surface area contributed by atoms with E-state index in [1.807, 2.05) is 49.4 Å². The molecule has 3 nitrogen and oxygen atoms in total. The number of hydrogen-bond donors (Lipinski definition) is 2. The van der Waals surface area contributed by atoms with Crippen molar-refractivity contribution in [2.45, 2.75) is 26.3 Å². The standard InChI is InChI=1S/C17H20N2O/c1-3-15(13-9-5-4-6-10-13)19-17(20)14-11-7-8-12(2)16(14)18/h4-11,15H,3,18H2,1-2H3,(H,19,20). The fourth-order valence-electron chi connectivity index (χ4n) is 2.22. The molecule has 0 saturated heterocycles. The zero-order valence-electron chi connectivity index (χ0n) is 11.9. The van der Waals surface area contributed by atoms with Gasteiger partial charge in [-0.05, 0) is 30.5 Å². The number of aryl methyl sites for hydroxylation is 1. The van der Waals surface area contributed by atoms with Crippen molar-refractivity contribution in [3.8, 4) is 0 Å². The molecule has 0 aliphatic rings. The van der Waals surface area contributed by atoms with E-state index >= 15 is 0 Å². The van der Waals surface area contributed by atoms with E-state index in [0.717, 1.165) is 17.5 Å². The van der Waals surface area contributed by atoms with Crippen molar-refractivity contribution >= 4 is 11.6 Å². The van der Waals surface area contributed by atoms with E-state index in [2.05, 4.69) is 12.2 Å². The first-order chi connectivity index (χ1) is 9.63. The summed E-state index contributed by atoms with van der Waals surface area (Å²) in [6, 6.07) is 15.5. The molecule has 0 aromatic heterocycles. The Morgan fingerprint density at radius 3 is 2.50 bits per heavy atom. The second kappa shape index (κ2) is 6.24. The fourth-order valence-corrected chi connectivity index (χ4v) is 2.22. The lowest BCUT2D eigenvalue weighted by Crippen LogP contribution is -2.28. The molecule has 2 rings (SSSR count). The van der Waals surface area contributed by atoms with Crippen LogP contribution in [0.4, 0.5) is 5.69 Å². The van der Waals surface area contributed by atoms with Crippen LogP contribution < -0.4 is 11.1 Å². The van der Waals surface area contributed by atoms with Crippen LogP contribution in [0.3, 0.4) is 0 Å². The molecule has 2 aromatic rings. The van der Waals surface area contributed by atoms with E-state index in [9.17, 15) is 4.79 Å². The third-order valence-electron chi connectivity index (χ3n) is 3.48. The molecule has 3 heteroatoms. The van der Waals surface area contributed by atoms with Gasteiger partial charge in [0.1, 0.15) is 0 Å². The Bertz CT molecular complexity index is 593. The predicted molar refractivity (Wildman–Crippen MR) is 82.5 cm³/mol. The molecule has 1 unspecified atom stereocenters. The number of amides is 1. The van der Waals surface area contributed by atoms with Crippen molar-refractivity contribution < 1.29 is 4.79 Å². The van der Waals surface area contributed by atoms with E-state index in [1.165, 1.54) is 0 Å². The van der Waals surface area contributed by atoms with Gasteiger partial charge in [0.15, 0.2) is 0 Å². The number of carbonyl (C=O) groups excluding carboxylic acids is 1. The Morgan fingerprint density at radius 1 is 1.15 bits per heavy atom. The normalized spacial score (nSPS) is 11.9. The molecule has 0 aliphatic carbocycles. The number of hydrogen-bond acceptors (Lipinski definition) is 2. The maximum atomic E-state index is 12.4. The summed E-state index contributed by atoms with van der Waals surface area (Å²) >= 11 is 0. The molecule has 1 amide bonds. The van der Waals surface area contributed by atoms with Crippen LogP contribution in [0.1, 0.15) is 40.9 Å². The van der Waals surface area contributed by atoms with Crippen LogP contribution in [-0.2, 0) is 0 Å². The van der Waals surface area contributed by atoms with Gasteiger partial charge in [-0.2, -0.15) is 0 Å². The summed E-state index contributed by atoms with van der Waals surface area (Å²) in [5, 5.41) is 3.05. The third kappa shape index (κ3) is 2.99. The van der Waals surface area contributed by atoms with Crippen molar-refractivity contribution in [2.75, 3.05) is 5.73 Å². The number of nitrogens with two attached hydrogens (primary N) is 1. The number of nitrogen functional groups attached to an aromatic ring is 1. The van der Waals surface area contributed by atoms with Gasteiger partial charge in [0, 0.05) is 5.69 Å². The number of rotatable bonds is 4. The van der Waals surface area contributed by atoms with Crippen LogP contribution >= 0.6 is 0 Å². The van der Waals surface area contributed by atoms with Gasteiger partial charge in [-0.3, -0.25) is 4.79 Å². The lowest BCUT2D eigenvalue weighted by Gasteiger charge is -2.18. The lowest BCUT2D eigenvalue weighted by molar-refractivity contribution is 0.0936. The summed E-state index contributed by atoms with van der Waals surface area (Å²) in [5.41, 5.74) is 9.10. The van der Waals surface area contributed by atoms with Crippen LogP contribution in [0.25, 0.3) is 0 Å². The van der Waals surface area contributed by atoms with Crippen LogP contribution in [0.2, 0.25) is 0 Å². The maximum absolute atomic E-state index is 12.4. The van der Waals surface area contributed by atoms with E-state index in [0.29, 0.717) is 11.3 Å². The zero-order chi connectivity index (χ0) is 14.5. The first-order valence-electron chi connectivity index (χ1n) is 6.84. The molecule has 0 spiro atoms. The molecule has 3 N–H and O–H groups in total. The summed E-state index contributed by atoms with van der Waals surface area (Å²) in [7, 11) is 0. The molecule has 0 fully saturated rings. The van der Waals surface area contributed by atoms with E-state index < -0.39 is 0 Å². The van der Waals surface area contributed by atoms with Gasteiger partial charge in [0.05, 0.1) is 11.6 Å². The molecule has 20 heavy (non-hydrogen) atoms. The molecule has 0 bridgehead atoms. The molecule has 2 aromatic carbocycles. The Balaban J connectivity index is 2.20. The third-order valence-corrected chi connectivity index (χ3v) is 3.48. The highest BCUT2D eigenvalue weighted by atomic mass is 16.1. The van der Waals surface area contributed by atoms with Crippen molar-refractivity contribution in [3.05, 3.63) is 65.2 Å². The van der Waals surface area contributed by atoms with Crippen molar-refractivity contribution in [3.63, 3.8) is 0 Å². The Kier molecular flexibility index (Phi) is 4.41. The molecule has 0 heterocycles. The average molecular weight is 268 g/mol. The summed E-state index contributed by atoms with van der Waals surface area (Å²) in [6.45, 7) is 3.96. The topological polar surface area (TPSA) is 55.1 Å². The van der Waals surface area contributed by atoms with E-state index in [-0.39, 0.29) is 11.9 Å². The molecule has 0 radical (unpaired) electrons. The highest BCUT2D eigenvalue weighted by molar-refractivity contribution is 5.99. The highest BCUT2D eigenvalue weighted by Gasteiger charge is 2.16. The van der Waals surface area contributed by atoms with Gasteiger partial charge >= 0.3 is 0 Å². The summed E-state index contributed by atoms with van der Waals surface area (Å²) in [4.78, 5) is 12.4. The van der Waals surface area contributed by atoms with Gasteiger partial charge in [0.2, 0.25) is 0 Å². The minimum absolute atomic E-state index is 0.00334. The minimum Gasteiger partial charge on any atom is -0.398 e. The minimum atomic E-state index is -0.123. The number of para-hydroxylation sites is 1. The second-order valence-corrected chi connectivity index (χ2v) is 4.88. The summed E-state index contributed by atoms with van der Waals surface area (Å²) in [6.07, 6.45) is 0.835. The zero-order valence-corrected chi connectivity index (χ0v) is 11.9. The van der Waals surface area contributed by atoms with Gasteiger partial charge < -0.3 is 11.1 Å². The number of anilines is 1. The first-order valence-corrected chi connectivity index (χ1v) is 6.84. The van der Waals surface area contributed by atoms with Gasteiger partial charge in [-0.1, -0.05) is 49.4 Å². The maximum Gasteiger partial charge on any atom is 0.253 e. The van der Waals surface area contributed by atoms with E-state index in [4.69, 9.17) is 5.73 Å². The van der Waals surface area contributed by atoms with Crippen LogP contribution in [0.5, 0.6) is 0 Å². The number of nitrogens with one attached hydrogen (secondary N) is 1. The van der Waals surface area contributed by atoms with Gasteiger partial charge in [0.25, 0.3) is 5.91 Å². The molecular formula is C17H20N2O. The molecular weight excluding hydrogens is 248 g/mol. The summed E-state index contributed by atoms with van der Waals surface area (Å²) < 4.78 is 0. The quantitative estimate of drug-likeness (QED) is 0.834. The van der Waals surface area contributed by atoms with Crippen LogP contribution in [0, 0.1) is 6.92 Å². The SMILES string of the molecule is CCC(NC(=O)c1cccc(C)c1N)c1ccccc1. The first kappa shape index (κ1) is 14.1. The largest absolute Gasteiger partial charge is 0.398 e. The van der Waals surface area contributed by atoms with Crippen LogP contribution in [0.15, 0.2) is 48.5 Å². The van der Waals surface area contributed by atoms with Crippen LogP contribution in [-0.4, -0.2) is 5.91 Å². The monoisotopic (exact) mass is 268 g/mol. The second-order valence-electron chi connectivity index (χ2n) is 4.88. The van der Waals surface area contributed by atoms with Crippen molar-refractivity contribution in [2.24, 2.45) is 0 Å². The van der Waals surface area contributed by atoms with Crippen molar-refractivity contribution in [1.29, 1.82) is 0 Å². The predicted octanol–water partition coefficient (Wildman–Crippen LogP) is 3.46. The van der Waals surface area contributed by atoms with Gasteiger partial charge in [-0.25, -0.2) is 0 Å². The smallest absolute Gasteiger partial charge is 0.253 e. The Morgan fingerprint density at radius 2 is 1.85 bits per heavy atom. The molecule has 1 atom stereocenters.